The highest BCUT2D eigenvalue weighted by atomic mass is 19.1. The molecule has 1 aromatic heterocycles. The normalized spacial score (nSPS) is 13.2. The standard InChI is InChI=1S/C25H26N4O3.CH3F/c1-2-32-23-9-4-3-6-22(23)18-27-28-24-11-10-21(17-26-24)19-7-5-8-20(16-19)25(30)29-12-14-31-15-13-29;1-2/h3-11,16-18H,2,12-15H2,1H3,(H,26,28);1H3/b27-18+;. The van der Waals surface area contributed by atoms with Crippen LogP contribution >= 0.6 is 0 Å². The van der Waals surface area contributed by atoms with Gasteiger partial charge < -0.3 is 14.4 Å². The topological polar surface area (TPSA) is 76.0 Å². The van der Waals surface area contributed by atoms with Crippen LogP contribution in [0.2, 0.25) is 0 Å². The number of carbonyl (C=O) groups is 1. The minimum atomic E-state index is 0.0306. The van der Waals surface area contributed by atoms with Crippen LogP contribution in [-0.4, -0.2) is 62.1 Å². The molecule has 2 aromatic carbocycles. The van der Waals surface area contributed by atoms with Gasteiger partial charge in [0.05, 0.1) is 33.2 Å². The molecule has 1 saturated heterocycles. The largest absolute Gasteiger partial charge is 0.493 e. The lowest BCUT2D eigenvalue weighted by atomic mass is 10.0. The van der Waals surface area contributed by atoms with E-state index in [0.717, 1.165) is 22.4 Å². The van der Waals surface area contributed by atoms with Crippen LogP contribution in [-0.2, 0) is 4.74 Å². The van der Waals surface area contributed by atoms with Crippen molar-refractivity contribution in [2.45, 2.75) is 6.92 Å². The summed E-state index contributed by atoms with van der Waals surface area (Å²) in [5.74, 6) is 1.44. The van der Waals surface area contributed by atoms with Gasteiger partial charge in [-0.3, -0.25) is 14.6 Å². The van der Waals surface area contributed by atoms with E-state index in [1.165, 1.54) is 0 Å². The third kappa shape index (κ3) is 6.62. The Balaban J connectivity index is 0.00000158. The van der Waals surface area contributed by atoms with Crippen molar-refractivity contribution in [1.29, 1.82) is 0 Å². The summed E-state index contributed by atoms with van der Waals surface area (Å²) in [5.41, 5.74) is 6.37. The first-order chi connectivity index (χ1) is 16.7. The molecule has 0 spiro atoms. The number of pyridine rings is 1. The zero-order valence-electron chi connectivity index (χ0n) is 19.4. The molecule has 8 heteroatoms. The number of rotatable bonds is 7. The number of hydrogen-bond acceptors (Lipinski definition) is 6. The van der Waals surface area contributed by atoms with Crippen LogP contribution < -0.4 is 10.2 Å². The predicted molar refractivity (Wildman–Crippen MR) is 132 cm³/mol. The van der Waals surface area contributed by atoms with E-state index in [-0.39, 0.29) is 5.91 Å². The average molecular weight is 465 g/mol. The van der Waals surface area contributed by atoms with Crippen molar-refractivity contribution in [2.75, 3.05) is 45.5 Å². The van der Waals surface area contributed by atoms with Gasteiger partial charge in [-0.2, -0.15) is 5.10 Å². The highest BCUT2D eigenvalue weighted by Gasteiger charge is 2.18. The van der Waals surface area contributed by atoms with E-state index in [1.54, 1.807) is 12.4 Å². The van der Waals surface area contributed by atoms with Crippen LogP contribution in [0, 0.1) is 0 Å². The van der Waals surface area contributed by atoms with Crippen molar-refractivity contribution >= 4 is 17.9 Å². The lowest BCUT2D eigenvalue weighted by molar-refractivity contribution is 0.0303. The van der Waals surface area contributed by atoms with Gasteiger partial charge in [-0.15, -0.1) is 0 Å². The van der Waals surface area contributed by atoms with Gasteiger partial charge >= 0.3 is 0 Å². The number of hydrazone groups is 1. The Labute approximate surface area is 199 Å². The second-order valence-electron chi connectivity index (χ2n) is 7.26. The number of alkyl halides is 1. The average Bonchev–Trinajstić information content (AvgIpc) is 2.91. The molecule has 178 valence electrons. The monoisotopic (exact) mass is 464 g/mol. The molecule has 1 aliphatic heterocycles. The molecule has 1 N–H and O–H groups in total. The smallest absolute Gasteiger partial charge is 0.254 e. The van der Waals surface area contributed by atoms with E-state index in [2.05, 4.69) is 15.5 Å². The van der Waals surface area contributed by atoms with E-state index in [4.69, 9.17) is 9.47 Å². The summed E-state index contributed by atoms with van der Waals surface area (Å²) in [6, 6.07) is 19.2. The highest BCUT2D eigenvalue weighted by Crippen LogP contribution is 2.22. The van der Waals surface area contributed by atoms with E-state index in [9.17, 15) is 9.18 Å². The molecular weight excluding hydrogens is 435 g/mol. The number of ether oxygens (including phenoxy) is 2. The Hall–Kier alpha value is -3.78. The van der Waals surface area contributed by atoms with Gasteiger partial charge in [0.1, 0.15) is 11.6 Å². The Morgan fingerprint density at radius 3 is 2.65 bits per heavy atom. The second kappa shape index (κ2) is 13.1. The zero-order chi connectivity index (χ0) is 24.2. The zero-order valence-corrected chi connectivity index (χ0v) is 19.4. The third-order valence-electron chi connectivity index (χ3n) is 5.11. The minimum absolute atomic E-state index is 0.0306. The summed E-state index contributed by atoms with van der Waals surface area (Å²) in [5, 5.41) is 4.27. The maximum Gasteiger partial charge on any atom is 0.254 e. The lowest BCUT2D eigenvalue weighted by Crippen LogP contribution is -2.40. The Bertz CT molecular complexity index is 1080. The molecule has 34 heavy (non-hydrogen) atoms. The van der Waals surface area contributed by atoms with Crippen LogP contribution in [0.5, 0.6) is 5.75 Å². The number of nitrogens with zero attached hydrogens (tertiary/aromatic N) is 3. The number of amides is 1. The fourth-order valence-corrected chi connectivity index (χ4v) is 3.45. The number of benzene rings is 2. The number of carbonyl (C=O) groups excluding carboxylic acids is 1. The molecule has 7 nitrogen and oxygen atoms in total. The lowest BCUT2D eigenvalue weighted by Gasteiger charge is -2.27. The second-order valence-corrected chi connectivity index (χ2v) is 7.26. The van der Waals surface area contributed by atoms with Crippen molar-refractivity contribution in [2.24, 2.45) is 5.10 Å². The summed E-state index contributed by atoms with van der Waals surface area (Å²) >= 11 is 0. The fourth-order valence-electron chi connectivity index (χ4n) is 3.45. The fraction of sp³-hybridized carbons (Fsp3) is 0.269. The maximum atomic E-state index is 12.8. The maximum absolute atomic E-state index is 12.8. The van der Waals surface area contributed by atoms with E-state index in [0.29, 0.717) is 51.5 Å². The van der Waals surface area contributed by atoms with Crippen molar-refractivity contribution in [3.8, 4) is 16.9 Å². The Morgan fingerprint density at radius 1 is 1.12 bits per heavy atom. The summed E-state index contributed by atoms with van der Waals surface area (Å²) < 4.78 is 20.4. The summed E-state index contributed by atoms with van der Waals surface area (Å²) in [6.45, 7) is 4.97. The van der Waals surface area contributed by atoms with Crippen LogP contribution in [0.4, 0.5) is 10.2 Å². The SMILES string of the molecule is CCOc1ccccc1/C=N/Nc1ccc(-c2cccc(C(=O)N3CCOCC3)c2)cn1.CF. The van der Waals surface area contributed by atoms with Gasteiger partial charge in [0, 0.05) is 36.0 Å². The van der Waals surface area contributed by atoms with E-state index in [1.807, 2.05) is 72.5 Å². The first-order valence-electron chi connectivity index (χ1n) is 11.1. The van der Waals surface area contributed by atoms with E-state index < -0.39 is 0 Å². The number of hydrogen-bond donors (Lipinski definition) is 1. The first kappa shape index (κ1) is 24.9. The van der Waals surface area contributed by atoms with Gasteiger partial charge in [0.2, 0.25) is 0 Å². The van der Waals surface area contributed by atoms with Crippen LogP contribution in [0.25, 0.3) is 11.1 Å². The quantitative estimate of drug-likeness (QED) is 0.407. The number of anilines is 1. The number of aromatic nitrogens is 1. The molecule has 1 fully saturated rings. The molecule has 3 aromatic rings. The Kier molecular flexibility index (Phi) is 9.54. The molecule has 0 saturated carbocycles. The van der Waals surface area contributed by atoms with Gasteiger partial charge in [0.15, 0.2) is 0 Å². The summed E-state index contributed by atoms with van der Waals surface area (Å²) in [6.07, 6.45) is 3.48. The van der Waals surface area contributed by atoms with E-state index >= 15 is 0 Å². The number of para-hydroxylation sites is 1. The molecule has 1 amide bonds. The number of morpholine rings is 1. The number of nitrogens with one attached hydrogen (secondary N) is 1. The van der Waals surface area contributed by atoms with Crippen LogP contribution in [0.1, 0.15) is 22.8 Å². The van der Waals surface area contributed by atoms with Gasteiger partial charge in [-0.25, -0.2) is 4.98 Å². The van der Waals surface area contributed by atoms with Crippen LogP contribution in [0.15, 0.2) is 72.0 Å². The van der Waals surface area contributed by atoms with Crippen LogP contribution in [0.3, 0.4) is 0 Å². The molecular formula is C26H29FN4O3. The van der Waals surface area contributed by atoms with Crippen molar-refractivity contribution in [1.82, 2.24) is 9.88 Å². The number of halogens is 1. The molecule has 4 rings (SSSR count). The third-order valence-corrected chi connectivity index (χ3v) is 5.11. The van der Waals surface area contributed by atoms with Crippen molar-refractivity contribution < 1.29 is 18.7 Å². The molecule has 0 aliphatic carbocycles. The molecule has 0 bridgehead atoms. The van der Waals surface area contributed by atoms with Crippen molar-refractivity contribution in [3.63, 3.8) is 0 Å². The highest BCUT2D eigenvalue weighted by molar-refractivity contribution is 5.95. The molecule has 0 radical (unpaired) electrons. The first-order valence-corrected chi connectivity index (χ1v) is 11.1. The molecule has 1 aliphatic rings. The predicted octanol–water partition coefficient (Wildman–Crippen LogP) is 4.65. The summed E-state index contributed by atoms with van der Waals surface area (Å²) in [7, 11) is 0.500. The summed E-state index contributed by atoms with van der Waals surface area (Å²) in [4.78, 5) is 19.0. The Morgan fingerprint density at radius 2 is 1.91 bits per heavy atom. The minimum Gasteiger partial charge on any atom is -0.493 e. The van der Waals surface area contributed by atoms with Crippen molar-refractivity contribution in [3.05, 3.63) is 78.0 Å². The van der Waals surface area contributed by atoms with Gasteiger partial charge in [-0.05, 0) is 48.9 Å². The van der Waals surface area contributed by atoms with Gasteiger partial charge in [-0.1, -0.05) is 24.3 Å². The molecule has 0 unspecified atom stereocenters. The molecule has 0 atom stereocenters. The van der Waals surface area contributed by atoms with Gasteiger partial charge in [0.25, 0.3) is 5.91 Å². The molecule has 2 heterocycles.